The molecule has 1 atom stereocenters. The number of fused-ring (bicyclic) bond motifs is 1. The Labute approximate surface area is 198 Å². The van der Waals surface area contributed by atoms with Gasteiger partial charge in [0.1, 0.15) is 11.9 Å². The van der Waals surface area contributed by atoms with Crippen molar-refractivity contribution in [3.63, 3.8) is 0 Å². The fraction of sp³-hybridized carbons (Fsp3) is 0.391. The summed E-state index contributed by atoms with van der Waals surface area (Å²) in [6, 6.07) is 10.0. The molecule has 0 fully saturated rings. The molecule has 1 aliphatic rings. The van der Waals surface area contributed by atoms with Crippen LogP contribution < -0.4 is 19.1 Å². The molecule has 11 heteroatoms. The van der Waals surface area contributed by atoms with Crippen LogP contribution in [-0.4, -0.2) is 57.8 Å². The minimum absolute atomic E-state index is 0.0338. The summed E-state index contributed by atoms with van der Waals surface area (Å²) in [5.41, 5.74) is 0.672. The van der Waals surface area contributed by atoms with E-state index in [-0.39, 0.29) is 44.2 Å². The Morgan fingerprint density at radius 2 is 1.85 bits per heavy atom. The Balaban J connectivity index is 1.73. The van der Waals surface area contributed by atoms with Gasteiger partial charge in [-0.05, 0) is 31.5 Å². The fourth-order valence-corrected chi connectivity index (χ4v) is 4.60. The summed E-state index contributed by atoms with van der Waals surface area (Å²) in [5.74, 6) is -0.284. The minimum Gasteiger partial charge on any atom is -0.454 e. The molecule has 0 bridgehead atoms. The zero-order valence-electron chi connectivity index (χ0n) is 19.3. The lowest BCUT2D eigenvalue weighted by atomic mass is 10.1. The molecule has 0 aromatic heterocycles. The maximum Gasteiger partial charge on any atom is 0.242 e. The number of nitrogens with one attached hydrogen (secondary N) is 1. The van der Waals surface area contributed by atoms with Gasteiger partial charge in [0.25, 0.3) is 0 Å². The summed E-state index contributed by atoms with van der Waals surface area (Å²) in [6.45, 7) is 1.57. The van der Waals surface area contributed by atoms with Gasteiger partial charge in [0.05, 0.1) is 11.9 Å². The lowest BCUT2D eigenvalue weighted by molar-refractivity contribution is -0.140. The lowest BCUT2D eigenvalue weighted by Gasteiger charge is -2.29. The van der Waals surface area contributed by atoms with E-state index in [0.29, 0.717) is 17.2 Å². The van der Waals surface area contributed by atoms with Crippen LogP contribution in [0.3, 0.4) is 0 Å². The van der Waals surface area contributed by atoms with Gasteiger partial charge in [0.2, 0.25) is 28.6 Å². The molecule has 0 saturated heterocycles. The zero-order valence-corrected chi connectivity index (χ0v) is 20.1. The van der Waals surface area contributed by atoms with Crippen molar-refractivity contribution in [1.29, 1.82) is 0 Å². The van der Waals surface area contributed by atoms with Crippen molar-refractivity contribution in [3.8, 4) is 11.5 Å². The number of anilines is 1. The van der Waals surface area contributed by atoms with Gasteiger partial charge >= 0.3 is 0 Å². The second-order valence-electron chi connectivity index (χ2n) is 7.88. The number of nitrogens with zero attached hydrogens (tertiary/aromatic N) is 2. The highest BCUT2D eigenvalue weighted by atomic mass is 32.2. The number of likely N-dealkylation sites (N-methyl/N-ethyl adjacent to an activating group) is 1. The molecule has 0 aliphatic carbocycles. The van der Waals surface area contributed by atoms with E-state index in [0.717, 1.165) is 6.26 Å². The summed E-state index contributed by atoms with van der Waals surface area (Å²) in [6.07, 6.45) is 1.23. The second-order valence-corrected chi connectivity index (χ2v) is 9.79. The first kappa shape index (κ1) is 25.3. The SMILES string of the molecule is CNC(=O)C(C)N(Cc1ccccc1F)C(=O)CCCN(c1ccc2c(c1)OCO2)S(C)(=O)=O. The Morgan fingerprint density at radius 3 is 2.53 bits per heavy atom. The number of halogens is 1. The quantitative estimate of drug-likeness (QED) is 0.544. The van der Waals surface area contributed by atoms with E-state index >= 15 is 0 Å². The number of ether oxygens (including phenoxy) is 2. The average molecular weight is 494 g/mol. The first-order valence-corrected chi connectivity index (χ1v) is 12.6. The van der Waals surface area contributed by atoms with Crippen LogP contribution in [0.15, 0.2) is 42.5 Å². The summed E-state index contributed by atoms with van der Waals surface area (Å²) in [4.78, 5) is 26.6. The van der Waals surface area contributed by atoms with Crippen LogP contribution in [0, 0.1) is 5.82 Å². The van der Waals surface area contributed by atoms with Crippen molar-refractivity contribution >= 4 is 27.5 Å². The molecule has 0 saturated carbocycles. The Hall–Kier alpha value is -3.34. The van der Waals surface area contributed by atoms with Crippen molar-refractivity contribution in [2.24, 2.45) is 0 Å². The predicted molar refractivity (Wildman–Crippen MR) is 124 cm³/mol. The molecule has 2 aromatic carbocycles. The first-order chi connectivity index (χ1) is 16.1. The van der Waals surface area contributed by atoms with Crippen molar-refractivity contribution in [2.75, 3.05) is 30.9 Å². The van der Waals surface area contributed by atoms with Crippen molar-refractivity contribution in [3.05, 3.63) is 53.8 Å². The monoisotopic (exact) mass is 493 g/mol. The molecule has 1 heterocycles. The topological polar surface area (TPSA) is 105 Å². The summed E-state index contributed by atoms with van der Waals surface area (Å²) in [7, 11) is -2.18. The van der Waals surface area contributed by atoms with E-state index in [2.05, 4.69) is 5.32 Å². The Morgan fingerprint density at radius 1 is 1.15 bits per heavy atom. The molecule has 0 spiro atoms. The minimum atomic E-state index is -3.64. The lowest BCUT2D eigenvalue weighted by Crippen LogP contribution is -2.47. The second kappa shape index (κ2) is 10.7. The van der Waals surface area contributed by atoms with Crippen LogP contribution in [0.1, 0.15) is 25.3 Å². The molecule has 184 valence electrons. The third kappa shape index (κ3) is 5.96. The predicted octanol–water partition coefficient (Wildman–Crippen LogP) is 2.26. The van der Waals surface area contributed by atoms with E-state index in [4.69, 9.17) is 9.47 Å². The maximum atomic E-state index is 14.2. The van der Waals surface area contributed by atoms with Gasteiger partial charge < -0.3 is 19.7 Å². The molecule has 0 radical (unpaired) electrons. The average Bonchev–Trinajstić information content (AvgIpc) is 3.27. The van der Waals surface area contributed by atoms with Crippen molar-refractivity contribution < 1.29 is 31.9 Å². The largest absolute Gasteiger partial charge is 0.454 e. The smallest absolute Gasteiger partial charge is 0.242 e. The van der Waals surface area contributed by atoms with Crippen molar-refractivity contribution in [2.45, 2.75) is 32.4 Å². The third-order valence-electron chi connectivity index (χ3n) is 5.51. The number of benzene rings is 2. The normalized spacial score (nSPS) is 13.3. The van der Waals surface area contributed by atoms with Gasteiger partial charge in [-0.2, -0.15) is 0 Å². The number of carbonyl (C=O) groups is 2. The van der Waals surface area contributed by atoms with Gasteiger partial charge in [-0.1, -0.05) is 18.2 Å². The molecule has 2 amide bonds. The van der Waals surface area contributed by atoms with Gasteiger partial charge in [-0.15, -0.1) is 0 Å². The van der Waals surface area contributed by atoms with Gasteiger partial charge in [-0.25, -0.2) is 12.8 Å². The van der Waals surface area contributed by atoms with Crippen molar-refractivity contribution in [1.82, 2.24) is 10.2 Å². The highest BCUT2D eigenvalue weighted by Gasteiger charge is 2.27. The molecule has 1 N–H and O–H groups in total. The zero-order chi connectivity index (χ0) is 24.9. The van der Waals surface area contributed by atoms with E-state index in [1.165, 1.54) is 22.3 Å². The number of hydrogen-bond acceptors (Lipinski definition) is 6. The van der Waals surface area contributed by atoms with Gasteiger partial charge in [-0.3, -0.25) is 13.9 Å². The van der Waals surface area contributed by atoms with E-state index in [9.17, 15) is 22.4 Å². The molecule has 2 aromatic rings. The Kier molecular flexibility index (Phi) is 7.98. The highest BCUT2D eigenvalue weighted by molar-refractivity contribution is 7.92. The molecular formula is C23H28FN3O6S. The van der Waals surface area contributed by atoms with E-state index in [1.807, 2.05) is 0 Å². The maximum absolute atomic E-state index is 14.2. The van der Waals surface area contributed by atoms with Crippen LogP contribution in [0.5, 0.6) is 11.5 Å². The fourth-order valence-electron chi connectivity index (χ4n) is 3.65. The van der Waals surface area contributed by atoms with Gasteiger partial charge in [0, 0.05) is 38.2 Å². The van der Waals surface area contributed by atoms with E-state index in [1.54, 1.807) is 43.3 Å². The molecular weight excluding hydrogens is 465 g/mol. The number of hydrogen-bond donors (Lipinski definition) is 1. The number of rotatable bonds is 10. The summed E-state index contributed by atoms with van der Waals surface area (Å²) in [5, 5.41) is 2.50. The van der Waals surface area contributed by atoms with Crippen LogP contribution in [-0.2, 0) is 26.2 Å². The van der Waals surface area contributed by atoms with Crippen LogP contribution >= 0.6 is 0 Å². The molecule has 3 rings (SSSR count). The number of amides is 2. The van der Waals surface area contributed by atoms with Crippen LogP contribution in [0.25, 0.3) is 0 Å². The highest BCUT2D eigenvalue weighted by Crippen LogP contribution is 2.36. The first-order valence-electron chi connectivity index (χ1n) is 10.7. The number of carbonyl (C=O) groups excluding carboxylic acids is 2. The van der Waals surface area contributed by atoms with E-state index < -0.39 is 27.8 Å². The molecule has 1 aliphatic heterocycles. The van der Waals surface area contributed by atoms with Crippen LogP contribution in [0.2, 0.25) is 0 Å². The van der Waals surface area contributed by atoms with Crippen LogP contribution in [0.4, 0.5) is 10.1 Å². The molecule has 9 nitrogen and oxygen atoms in total. The third-order valence-corrected chi connectivity index (χ3v) is 6.70. The molecule has 1 unspecified atom stereocenters. The molecule has 34 heavy (non-hydrogen) atoms. The summed E-state index contributed by atoms with van der Waals surface area (Å²) >= 11 is 0. The summed E-state index contributed by atoms with van der Waals surface area (Å²) < 4.78 is 50.8. The standard InChI is InChI=1S/C23H28FN3O6S/c1-16(23(29)25-2)26(14-17-7-4-5-8-19(17)24)22(28)9-6-12-27(34(3,30)31)18-10-11-20-21(13-18)33-15-32-20/h4-5,7-8,10-11,13,16H,6,9,12,14-15H2,1-3H3,(H,25,29). The number of sulfonamides is 1. The van der Waals surface area contributed by atoms with Gasteiger partial charge in [0.15, 0.2) is 11.5 Å². The Bertz CT molecular complexity index is 1160.